The Morgan fingerprint density at radius 1 is 0.956 bits per heavy atom. The summed E-state index contributed by atoms with van der Waals surface area (Å²) in [7, 11) is 0. The highest BCUT2D eigenvalue weighted by Crippen LogP contribution is 2.30. The Kier molecular flexibility index (Phi) is 9.62. The molecule has 5 aromatic rings. The van der Waals surface area contributed by atoms with Crippen molar-refractivity contribution in [3.63, 3.8) is 0 Å². The molecule has 6 rings (SSSR count). The fraction of sp³-hybridized carbons (Fsp3) is 0.297. The number of hydrogen-bond acceptors (Lipinski definition) is 5. The molecule has 8 nitrogen and oxygen atoms in total. The largest absolute Gasteiger partial charge is 0.463 e. The molecule has 2 aromatic heterocycles. The van der Waals surface area contributed by atoms with Crippen LogP contribution in [0.5, 0.6) is 0 Å². The van der Waals surface area contributed by atoms with E-state index < -0.39 is 17.9 Å². The van der Waals surface area contributed by atoms with E-state index in [2.05, 4.69) is 45.3 Å². The minimum absolute atomic E-state index is 0. The van der Waals surface area contributed by atoms with E-state index in [9.17, 15) is 14.4 Å². The van der Waals surface area contributed by atoms with Crippen molar-refractivity contribution in [1.29, 1.82) is 0 Å². The Balaban J connectivity index is 0.00000400. The number of esters is 1. The second-order valence-corrected chi connectivity index (χ2v) is 11.7. The van der Waals surface area contributed by atoms with Gasteiger partial charge in [-0.05, 0) is 67.1 Å². The van der Waals surface area contributed by atoms with Crippen LogP contribution >= 0.6 is 0 Å². The molecule has 0 radical (unpaired) electrons. The second kappa shape index (κ2) is 13.8. The highest BCUT2D eigenvalue weighted by molar-refractivity contribution is 5.95. The number of benzene rings is 3. The van der Waals surface area contributed by atoms with Crippen LogP contribution in [0, 0.1) is 0 Å². The number of nitrogens with one attached hydrogen (secondary N) is 2. The molecule has 2 atom stereocenters. The molecule has 1 fully saturated rings. The first-order valence-electron chi connectivity index (χ1n) is 15.1. The number of hydrogen-bond donors (Lipinski definition) is 2. The summed E-state index contributed by atoms with van der Waals surface area (Å²) in [4.78, 5) is 52.5. The molecule has 1 saturated heterocycles. The van der Waals surface area contributed by atoms with Crippen LogP contribution in [-0.2, 0) is 25.5 Å². The molecule has 1 aliphatic heterocycles. The SMILES string of the molecule is C.CC(C)OC(=O)C[C@@H](C(=O)N1CCC[C@H]1C(=O)Cc1ccc2[nH]c(-c3ccc(-c4cnc[nH]4)cc3)cc2c1)c1ccccc1. The summed E-state index contributed by atoms with van der Waals surface area (Å²) in [6.07, 6.45) is 4.74. The normalized spacial score (nSPS) is 15.2. The van der Waals surface area contributed by atoms with E-state index >= 15 is 0 Å². The van der Waals surface area contributed by atoms with Gasteiger partial charge in [0.05, 0.1) is 42.7 Å². The molecule has 2 N–H and O–H groups in total. The number of nitrogens with zero attached hydrogens (tertiary/aromatic N) is 2. The Labute approximate surface area is 263 Å². The van der Waals surface area contributed by atoms with Crippen molar-refractivity contribution in [2.24, 2.45) is 0 Å². The van der Waals surface area contributed by atoms with E-state index in [1.807, 2.05) is 48.5 Å². The van der Waals surface area contributed by atoms with Crippen molar-refractivity contribution >= 4 is 28.6 Å². The zero-order valence-corrected chi connectivity index (χ0v) is 25.0. The summed E-state index contributed by atoms with van der Waals surface area (Å²) < 4.78 is 5.37. The molecule has 232 valence electrons. The summed E-state index contributed by atoms with van der Waals surface area (Å²) in [5.74, 6) is -1.30. The molecule has 1 aliphatic rings. The number of rotatable bonds is 10. The standard InChI is InChI=1S/C36H36N4O4.CH4/c1-23(2)44-35(42)20-29(25-7-4-3-5-8-25)36(43)40-16-6-9-33(40)34(41)18-24-10-15-30-28(17-24)19-31(39-30)26-11-13-27(14-12-26)32-21-37-22-38-32;/h3-5,7-8,10-15,17,19,21-23,29,33,39H,6,9,16,18,20H2,1-2H3,(H,37,38);1H4/t29-,33+;/m1./s1. The van der Waals surface area contributed by atoms with Crippen molar-refractivity contribution in [3.8, 4) is 22.5 Å². The lowest BCUT2D eigenvalue weighted by atomic mass is 9.93. The average Bonchev–Trinajstić information content (AvgIpc) is 3.81. The molecular weight excluding hydrogens is 564 g/mol. The number of Topliss-reactive ketones (excluding diaryl/α,β-unsaturated/α-hetero) is 1. The van der Waals surface area contributed by atoms with Gasteiger partial charge in [-0.3, -0.25) is 14.4 Å². The third-order valence-electron chi connectivity index (χ3n) is 8.21. The summed E-state index contributed by atoms with van der Waals surface area (Å²) in [5.41, 5.74) is 6.73. The Morgan fingerprint density at radius 2 is 1.69 bits per heavy atom. The zero-order chi connectivity index (χ0) is 30.6. The van der Waals surface area contributed by atoms with E-state index in [0.717, 1.165) is 51.0 Å². The summed E-state index contributed by atoms with van der Waals surface area (Å²) in [5, 5.41) is 1.02. The molecule has 0 aliphatic carbocycles. The maximum atomic E-state index is 13.9. The van der Waals surface area contributed by atoms with Crippen molar-refractivity contribution in [2.45, 2.75) is 65.0 Å². The first-order chi connectivity index (χ1) is 21.4. The number of ether oxygens (including phenoxy) is 1. The quantitative estimate of drug-likeness (QED) is 0.166. The van der Waals surface area contributed by atoms with Crippen LogP contribution in [0.3, 0.4) is 0 Å². The zero-order valence-electron chi connectivity index (χ0n) is 25.0. The summed E-state index contributed by atoms with van der Waals surface area (Å²) >= 11 is 0. The number of carbonyl (C=O) groups is 3. The van der Waals surface area contributed by atoms with Gasteiger partial charge in [0.15, 0.2) is 5.78 Å². The van der Waals surface area contributed by atoms with Gasteiger partial charge in [-0.2, -0.15) is 0 Å². The lowest BCUT2D eigenvalue weighted by molar-refractivity contribution is -0.150. The number of imidazole rings is 1. The van der Waals surface area contributed by atoms with E-state index in [4.69, 9.17) is 4.74 Å². The molecule has 3 aromatic carbocycles. The monoisotopic (exact) mass is 604 g/mol. The van der Waals surface area contributed by atoms with E-state index in [1.165, 1.54) is 0 Å². The predicted molar refractivity (Wildman–Crippen MR) is 177 cm³/mol. The topological polar surface area (TPSA) is 108 Å². The number of carbonyl (C=O) groups excluding carboxylic acids is 3. The third kappa shape index (κ3) is 7.06. The van der Waals surface area contributed by atoms with Gasteiger partial charge in [0.2, 0.25) is 5.91 Å². The molecule has 0 saturated carbocycles. The molecule has 1 amide bonds. The third-order valence-corrected chi connectivity index (χ3v) is 8.21. The van der Waals surface area contributed by atoms with Crippen molar-refractivity contribution in [2.75, 3.05) is 6.54 Å². The van der Waals surface area contributed by atoms with Gasteiger partial charge in [0.1, 0.15) is 0 Å². The Hall–Kier alpha value is -4.98. The van der Waals surface area contributed by atoms with Crippen LogP contribution in [0.2, 0.25) is 0 Å². The maximum Gasteiger partial charge on any atom is 0.307 e. The van der Waals surface area contributed by atoms with Crippen LogP contribution in [0.4, 0.5) is 0 Å². The highest BCUT2D eigenvalue weighted by atomic mass is 16.5. The number of aromatic amines is 2. The molecule has 0 unspecified atom stereocenters. The predicted octanol–water partition coefficient (Wildman–Crippen LogP) is 7.09. The summed E-state index contributed by atoms with van der Waals surface area (Å²) in [6, 6.07) is 25.2. The van der Waals surface area contributed by atoms with Crippen LogP contribution in [0.25, 0.3) is 33.4 Å². The average molecular weight is 605 g/mol. The van der Waals surface area contributed by atoms with Crippen LogP contribution < -0.4 is 0 Å². The fourth-order valence-electron chi connectivity index (χ4n) is 6.09. The van der Waals surface area contributed by atoms with Crippen LogP contribution in [0.1, 0.15) is 57.6 Å². The number of fused-ring (bicyclic) bond motifs is 1. The first-order valence-corrected chi connectivity index (χ1v) is 15.1. The second-order valence-electron chi connectivity index (χ2n) is 11.7. The molecule has 45 heavy (non-hydrogen) atoms. The van der Waals surface area contributed by atoms with E-state index in [1.54, 1.807) is 31.3 Å². The molecule has 3 heterocycles. The smallest absolute Gasteiger partial charge is 0.307 e. The van der Waals surface area contributed by atoms with Gasteiger partial charge in [0, 0.05) is 29.6 Å². The lowest BCUT2D eigenvalue weighted by Crippen LogP contribution is -2.44. The number of H-pyrrole nitrogens is 2. The molecule has 0 spiro atoms. The summed E-state index contributed by atoms with van der Waals surface area (Å²) in [6.45, 7) is 4.08. The van der Waals surface area contributed by atoms with Gasteiger partial charge in [-0.25, -0.2) is 4.98 Å². The van der Waals surface area contributed by atoms with Crippen LogP contribution in [-0.4, -0.2) is 56.2 Å². The molecular formula is C37H40N4O4. The lowest BCUT2D eigenvalue weighted by Gasteiger charge is -2.28. The molecule has 8 heteroatoms. The Morgan fingerprint density at radius 3 is 2.38 bits per heavy atom. The van der Waals surface area contributed by atoms with Crippen molar-refractivity contribution < 1.29 is 19.1 Å². The fourth-order valence-corrected chi connectivity index (χ4v) is 6.09. The van der Waals surface area contributed by atoms with Crippen molar-refractivity contribution in [1.82, 2.24) is 19.9 Å². The number of aromatic nitrogens is 3. The van der Waals surface area contributed by atoms with Gasteiger partial charge in [0.25, 0.3) is 0 Å². The van der Waals surface area contributed by atoms with Crippen LogP contribution in [0.15, 0.2) is 91.4 Å². The number of likely N-dealkylation sites (tertiary alicyclic amines) is 1. The minimum Gasteiger partial charge on any atom is -0.463 e. The maximum absolute atomic E-state index is 13.9. The van der Waals surface area contributed by atoms with Gasteiger partial charge < -0.3 is 19.6 Å². The van der Waals surface area contributed by atoms with Gasteiger partial charge in [-0.15, -0.1) is 0 Å². The van der Waals surface area contributed by atoms with E-state index in [-0.39, 0.29) is 38.1 Å². The first kappa shape index (κ1) is 31.4. The van der Waals surface area contributed by atoms with Crippen molar-refractivity contribution in [3.05, 3.63) is 103 Å². The minimum atomic E-state index is -0.695. The number of ketones is 1. The molecule has 0 bridgehead atoms. The van der Waals surface area contributed by atoms with Gasteiger partial charge in [-0.1, -0.05) is 68.1 Å². The highest BCUT2D eigenvalue weighted by Gasteiger charge is 2.38. The number of amides is 1. The Bertz CT molecular complexity index is 1760. The van der Waals surface area contributed by atoms with Gasteiger partial charge >= 0.3 is 5.97 Å². The van der Waals surface area contributed by atoms with E-state index in [0.29, 0.717) is 13.0 Å².